The fourth-order valence-corrected chi connectivity index (χ4v) is 1.62. The third kappa shape index (κ3) is 4.54. The van der Waals surface area contributed by atoms with Gasteiger partial charge in [0.15, 0.2) is 0 Å². The van der Waals surface area contributed by atoms with Gasteiger partial charge in [-0.1, -0.05) is 11.6 Å². The van der Waals surface area contributed by atoms with E-state index >= 15 is 0 Å². The number of hydrogen-bond donors (Lipinski definition) is 0. The van der Waals surface area contributed by atoms with Gasteiger partial charge in [-0.2, -0.15) is 5.26 Å². The van der Waals surface area contributed by atoms with Gasteiger partial charge in [-0.05, 0) is 30.3 Å². The van der Waals surface area contributed by atoms with Crippen molar-refractivity contribution >= 4 is 11.6 Å². The minimum Gasteiger partial charge on any atom is -0.439 e. The summed E-state index contributed by atoms with van der Waals surface area (Å²) in [5, 5.41) is 8.85. The average Bonchev–Trinajstić information content (AvgIpc) is 2.38. The summed E-state index contributed by atoms with van der Waals surface area (Å²) in [5.41, 5.74) is 0.252. The Morgan fingerprint density at radius 2 is 1.71 bits per heavy atom. The van der Waals surface area contributed by atoms with E-state index in [4.69, 9.17) is 21.6 Å². The van der Waals surface area contributed by atoms with E-state index in [0.717, 1.165) is 12.1 Å². The number of rotatable bonds is 3. The maximum absolute atomic E-state index is 12.0. The Bertz CT molecular complexity index is 681. The second-order valence-corrected chi connectivity index (χ2v) is 4.14. The maximum Gasteiger partial charge on any atom is 0.573 e. The molecule has 0 unspecified atom stereocenters. The van der Waals surface area contributed by atoms with Gasteiger partial charge in [0.2, 0.25) is 5.88 Å². The Labute approximate surface area is 122 Å². The van der Waals surface area contributed by atoms with Crippen molar-refractivity contribution in [1.29, 1.82) is 5.26 Å². The third-order valence-electron chi connectivity index (χ3n) is 2.18. The van der Waals surface area contributed by atoms with Gasteiger partial charge in [-0.25, -0.2) is 4.98 Å². The quantitative estimate of drug-likeness (QED) is 0.793. The van der Waals surface area contributed by atoms with Crippen molar-refractivity contribution in [3.63, 3.8) is 0 Å². The van der Waals surface area contributed by atoms with Crippen LogP contribution in [0.25, 0.3) is 0 Å². The molecular formula is C13H6ClF3N2O2. The number of ether oxygens (including phenoxy) is 2. The number of benzene rings is 1. The van der Waals surface area contributed by atoms with E-state index in [-0.39, 0.29) is 28.1 Å². The summed E-state index contributed by atoms with van der Waals surface area (Å²) in [5.74, 6) is -0.0849. The van der Waals surface area contributed by atoms with Crippen LogP contribution in [0.3, 0.4) is 0 Å². The van der Waals surface area contributed by atoms with Gasteiger partial charge in [-0.15, -0.1) is 13.2 Å². The molecule has 2 rings (SSSR count). The second-order valence-electron chi connectivity index (χ2n) is 3.75. The summed E-state index contributed by atoms with van der Waals surface area (Å²) in [6, 6.07) is 9.33. The minimum absolute atomic E-state index is 0.0588. The van der Waals surface area contributed by atoms with E-state index in [0.29, 0.717) is 0 Å². The number of alkyl halides is 3. The molecule has 4 nitrogen and oxygen atoms in total. The number of hydrogen-bond acceptors (Lipinski definition) is 4. The van der Waals surface area contributed by atoms with Crippen molar-refractivity contribution in [2.75, 3.05) is 0 Å². The highest BCUT2D eigenvalue weighted by Gasteiger charge is 2.30. The Kier molecular flexibility index (Phi) is 4.19. The van der Waals surface area contributed by atoms with Crippen molar-refractivity contribution in [3.8, 4) is 23.4 Å². The van der Waals surface area contributed by atoms with Crippen LogP contribution in [0.2, 0.25) is 5.15 Å². The highest BCUT2D eigenvalue weighted by atomic mass is 35.5. The molecule has 0 fully saturated rings. The summed E-state index contributed by atoms with van der Waals surface area (Å²) in [4.78, 5) is 3.84. The van der Waals surface area contributed by atoms with E-state index in [1.165, 1.54) is 24.3 Å². The molecule has 0 spiro atoms. The van der Waals surface area contributed by atoms with Crippen LogP contribution in [0, 0.1) is 11.3 Å². The monoisotopic (exact) mass is 314 g/mol. The predicted molar refractivity (Wildman–Crippen MR) is 67.2 cm³/mol. The zero-order valence-corrected chi connectivity index (χ0v) is 10.9. The zero-order chi connectivity index (χ0) is 15.5. The first kappa shape index (κ1) is 14.9. The fourth-order valence-electron chi connectivity index (χ4n) is 1.42. The van der Waals surface area contributed by atoms with Crippen LogP contribution in [-0.2, 0) is 0 Å². The van der Waals surface area contributed by atoms with E-state index in [1.54, 1.807) is 0 Å². The normalized spacial score (nSPS) is 10.8. The second kappa shape index (κ2) is 5.89. The summed E-state index contributed by atoms with van der Waals surface area (Å²) in [7, 11) is 0. The average molecular weight is 315 g/mol. The molecule has 0 aliphatic heterocycles. The van der Waals surface area contributed by atoms with Gasteiger partial charge in [0.05, 0.1) is 11.6 Å². The smallest absolute Gasteiger partial charge is 0.439 e. The maximum atomic E-state index is 12.0. The number of nitrogens with zero attached hydrogens (tertiary/aromatic N) is 2. The third-order valence-corrected chi connectivity index (χ3v) is 2.37. The molecule has 1 aromatic carbocycles. The van der Waals surface area contributed by atoms with Gasteiger partial charge in [0, 0.05) is 6.07 Å². The Balaban J connectivity index is 2.14. The van der Waals surface area contributed by atoms with E-state index in [9.17, 15) is 13.2 Å². The first-order valence-electron chi connectivity index (χ1n) is 5.47. The number of halogens is 4. The van der Waals surface area contributed by atoms with Crippen LogP contribution in [0.4, 0.5) is 13.2 Å². The molecule has 0 N–H and O–H groups in total. The molecule has 2 aromatic rings. The molecule has 0 atom stereocenters. The lowest BCUT2D eigenvalue weighted by Gasteiger charge is -2.09. The molecule has 0 aliphatic rings. The number of aromatic nitrogens is 1. The standard InChI is InChI=1S/C13H6ClF3N2O2/c14-11-5-8(7-18)6-12(19-11)20-9-1-3-10(4-2-9)21-13(15,16)17/h1-6H. The first-order valence-corrected chi connectivity index (χ1v) is 5.85. The lowest BCUT2D eigenvalue weighted by molar-refractivity contribution is -0.274. The van der Waals surface area contributed by atoms with Gasteiger partial charge in [-0.3, -0.25) is 0 Å². The molecule has 0 amide bonds. The van der Waals surface area contributed by atoms with Gasteiger partial charge in [0.25, 0.3) is 0 Å². The molecule has 0 aliphatic carbocycles. The van der Waals surface area contributed by atoms with Crippen LogP contribution in [0.1, 0.15) is 5.56 Å². The van der Waals surface area contributed by atoms with E-state index in [1.807, 2.05) is 6.07 Å². The van der Waals surface area contributed by atoms with Crippen LogP contribution in [-0.4, -0.2) is 11.3 Å². The summed E-state index contributed by atoms with van der Waals surface area (Å²) in [6.07, 6.45) is -4.75. The molecular weight excluding hydrogens is 309 g/mol. The summed E-state index contributed by atoms with van der Waals surface area (Å²) < 4.78 is 45.1. The SMILES string of the molecule is N#Cc1cc(Cl)nc(Oc2ccc(OC(F)(F)F)cc2)c1. The highest BCUT2D eigenvalue weighted by Crippen LogP contribution is 2.27. The lowest BCUT2D eigenvalue weighted by Crippen LogP contribution is -2.16. The van der Waals surface area contributed by atoms with E-state index < -0.39 is 6.36 Å². The molecule has 0 saturated carbocycles. The van der Waals surface area contributed by atoms with Crippen molar-refractivity contribution < 1.29 is 22.6 Å². The van der Waals surface area contributed by atoms with Crippen LogP contribution < -0.4 is 9.47 Å². The van der Waals surface area contributed by atoms with Crippen molar-refractivity contribution in [3.05, 3.63) is 47.1 Å². The number of nitriles is 1. The first-order chi connectivity index (χ1) is 9.85. The van der Waals surface area contributed by atoms with Crippen LogP contribution >= 0.6 is 11.6 Å². The van der Waals surface area contributed by atoms with Gasteiger partial charge < -0.3 is 9.47 Å². The molecule has 8 heteroatoms. The minimum atomic E-state index is -4.75. The Morgan fingerprint density at radius 3 is 2.29 bits per heavy atom. The van der Waals surface area contributed by atoms with Crippen LogP contribution in [0.5, 0.6) is 17.4 Å². The topological polar surface area (TPSA) is 55.1 Å². The van der Waals surface area contributed by atoms with E-state index in [2.05, 4.69) is 9.72 Å². The number of pyridine rings is 1. The molecule has 1 aromatic heterocycles. The molecule has 108 valence electrons. The van der Waals surface area contributed by atoms with Gasteiger partial charge >= 0.3 is 6.36 Å². The molecule has 1 heterocycles. The fraction of sp³-hybridized carbons (Fsp3) is 0.0769. The molecule has 0 bridgehead atoms. The van der Waals surface area contributed by atoms with Crippen molar-refractivity contribution in [2.45, 2.75) is 6.36 Å². The van der Waals surface area contributed by atoms with Gasteiger partial charge in [0.1, 0.15) is 16.7 Å². The molecule has 21 heavy (non-hydrogen) atoms. The van der Waals surface area contributed by atoms with Crippen molar-refractivity contribution in [1.82, 2.24) is 4.98 Å². The van der Waals surface area contributed by atoms with Crippen molar-refractivity contribution in [2.24, 2.45) is 0 Å². The zero-order valence-electron chi connectivity index (χ0n) is 10.2. The molecule has 0 radical (unpaired) electrons. The lowest BCUT2D eigenvalue weighted by atomic mass is 10.3. The Morgan fingerprint density at radius 1 is 1.10 bits per heavy atom. The highest BCUT2D eigenvalue weighted by molar-refractivity contribution is 6.29. The Hall–Kier alpha value is -2.46. The summed E-state index contributed by atoms with van der Waals surface area (Å²) >= 11 is 5.71. The summed E-state index contributed by atoms with van der Waals surface area (Å²) in [6.45, 7) is 0. The predicted octanol–water partition coefficient (Wildman–Crippen LogP) is 4.30. The molecule has 0 saturated heterocycles. The largest absolute Gasteiger partial charge is 0.573 e. The van der Waals surface area contributed by atoms with Crippen LogP contribution in [0.15, 0.2) is 36.4 Å².